The predicted molar refractivity (Wildman–Crippen MR) is 114 cm³/mol. The summed E-state index contributed by atoms with van der Waals surface area (Å²) in [6, 6.07) is 5.07. The first-order chi connectivity index (χ1) is 13.4. The third-order valence-corrected chi connectivity index (χ3v) is 6.42. The van der Waals surface area contributed by atoms with Gasteiger partial charge in [0.05, 0.1) is 11.7 Å². The van der Waals surface area contributed by atoms with Gasteiger partial charge in [-0.1, -0.05) is 13.8 Å². The van der Waals surface area contributed by atoms with E-state index in [0.29, 0.717) is 23.7 Å². The second-order valence-corrected chi connectivity index (χ2v) is 8.88. The van der Waals surface area contributed by atoms with Gasteiger partial charge in [-0.2, -0.15) is 0 Å². The number of carbonyl (C=O) groups is 1. The molecule has 2 aromatic heterocycles. The van der Waals surface area contributed by atoms with E-state index in [9.17, 15) is 4.79 Å². The Kier molecular flexibility index (Phi) is 5.32. The highest BCUT2D eigenvalue weighted by molar-refractivity contribution is 5.98. The van der Waals surface area contributed by atoms with E-state index in [1.807, 2.05) is 12.3 Å². The Morgan fingerprint density at radius 3 is 2.54 bits per heavy atom. The van der Waals surface area contributed by atoms with Crippen LogP contribution in [0.5, 0.6) is 0 Å². The van der Waals surface area contributed by atoms with Crippen molar-refractivity contribution >= 4 is 22.6 Å². The van der Waals surface area contributed by atoms with Crippen LogP contribution in [0, 0.1) is 5.92 Å². The molecule has 1 atom stereocenters. The maximum Gasteiger partial charge on any atom is 0.270 e. The molecule has 1 N–H and O–H groups in total. The molecule has 0 aromatic carbocycles. The quantitative estimate of drug-likeness (QED) is 0.880. The van der Waals surface area contributed by atoms with E-state index in [-0.39, 0.29) is 5.91 Å². The molecule has 0 radical (unpaired) electrons. The molecule has 4 heterocycles. The molecule has 6 nitrogen and oxygen atoms in total. The van der Waals surface area contributed by atoms with Crippen molar-refractivity contribution < 1.29 is 4.79 Å². The van der Waals surface area contributed by atoms with Crippen molar-refractivity contribution in [3.8, 4) is 0 Å². The third-order valence-electron chi connectivity index (χ3n) is 6.42. The van der Waals surface area contributed by atoms with E-state index < -0.39 is 0 Å². The van der Waals surface area contributed by atoms with Crippen molar-refractivity contribution in [3.63, 3.8) is 0 Å². The van der Waals surface area contributed by atoms with Crippen LogP contribution in [0.3, 0.4) is 0 Å². The molecule has 2 aromatic rings. The van der Waals surface area contributed by atoms with Crippen LogP contribution in [0.1, 0.15) is 51.0 Å². The lowest BCUT2D eigenvalue weighted by atomic mass is 10.0. The number of hydrogen-bond donors (Lipinski definition) is 1. The number of nitrogens with zero attached hydrogens (tertiary/aromatic N) is 4. The summed E-state index contributed by atoms with van der Waals surface area (Å²) in [5.74, 6) is 1.63. The molecular formula is C22H33N5O. The Morgan fingerprint density at radius 2 is 1.86 bits per heavy atom. The standard InChI is InChI=1S/C22H33N5O/c1-15(2)20-6-5-7-27(20)22(28)18-12-17-13-21(23-14-19(17)24-18)26-10-8-25(9-11-26)16(3)4/h12-16,20,24H,5-11H2,1-4H3. The lowest BCUT2D eigenvalue weighted by molar-refractivity contribution is 0.0696. The van der Waals surface area contributed by atoms with Crippen LogP contribution in [0.4, 0.5) is 5.82 Å². The summed E-state index contributed by atoms with van der Waals surface area (Å²) in [6.45, 7) is 13.9. The SMILES string of the molecule is CC(C)C1CCCN1C(=O)c1cc2cc(N3CCN(C(C)C)CC3)ncc2[nH]1. The Labute approximate surface area is 167 Å². The van der Waals surface area contributed by atoms with Crippen LogP contribution in [0.15, 0.2) is 18.3 Å². The Bertz CT molecular complexity index is 835. The van der Waals surface area contributed by atoms with Gasteiger partial charge in [-0.3, -0.25) is 9.69 Å². The summed E-state index contributed by atoms with van der Waals surface area (Å²) in [4.78, 5) is 27.9. The minimum absolute atomic E-state index is 0.125. The van der Waals surface area contributed by atoms with Gasteiger partial charge < -0.3 is 14.8 Å². The zero-order valence-electron chi connectivity index (χ0n) is 17.6. The van der Waals surface area contributed by atoms with Gasteiger partial charge in [-0.05, 0) is 44.7 Å². The van der Waals surface area contributed by atoms with Gasteiger partial charge in [0, 0.05) is 50.2 Å². The first-order valence-corrected chi connectivity index (χ1v) is 10.7. The van der Waals surface area contributed by atoms with E-state index >= 15 is 0 Å². The van der Waals surface area contributed by atoms with E-state index in [2.05, 4.69) is 58.4 Å². The van der Waals surface area contributed by atoms with Crippen LogP contribution in [0.2, 0.25) is 0 Å². The minimum Gasteiger partial charge on any atom is -0.354 e. The highest BCUT2D eigenvalue weighted by Gasteiger charge is 2.32. The number of piperazine rings is 1. The average Bonchev–Trinajstić information content (AvgIpc) is 3.34. The summed E-state index contributed by atoms with van der Waals surface area (Å²) in [7, 11) is 0. The van der Waals surface area contributed by atoms with E-state index in [1.165, 1.54) is 0 Å². The molecule has 1 unspecified atom stereocenters. The topological polar surface area (TPSA) is 55.5 Å². The van der Waals surface area contributed by atoms with Crippen LogP contribution in [-0.4, -0.2) is 70.5 Å². The molecule has 0 aliphatic carbocycles. The van der Waals surface area contributed by atoms with Crippen LogP contribution in [0.25, 0.3) is 10.9 Å². The second-order valence-electron chi connectivity index (χ2n) is 8.88. The Hall–Kier alpha value is -2.08. The van der Waals surface area contributed by atoms with Crippen molar-refractivity contribution in [1.29, 1.82) is 0 Å². The molecule has 0 saturated carbocycles. The largest absolute Gasteiger partial charge is 0.354 e. The number of pyridine rings is 1. The van der Waals surface area contributed by atoms with Crippen molar-refractivity contribution in [3.05, 3.63) is 24.0 Å². The van der Waals surface area contributed by atoms with E-state index in [4.69, 9.17) is 0 Å². The van der Waals surface area contributed by atoms with Gasteiger partial charge in [0.1, 0.15) is 11.5 Å². The maximum atomic E-state index is 13.1. The zero-order chi connectivity index (χ0) is 19.8. The minimum atomic E-state index is 0.125. The summed E-state index contributed by atoms with van der Waals surface area (Å²) in [5.41, 5.74) is 1.62. The normalized spacial score (nSPS) is 21.4. The highest BCUT2D eigenvalue weighted by Crippen LogP contribution is 2.27. The number of anilines is 1. The molecule has 2 aliphatic rings. The number of aromatic amines is 1. The number of aromatic nitrogens is 2. The molecule has 28 heavy (non-hydrogen) atoms. The fourth-order valence-corrected chi connectivity index (χ4v) is 4.67. The monoisotopic (exact) mass is 383 g/mol. The van der Waals surface area contributed by atoms with Crippen LogP contribution >= 0.6 is 0 Å². The number of amides is 1. The van der Waals surface area contributed by atoms with Gasteiger partial charge in [0.25, 0.3) is 5.91 Å². The number of H-pyrrole nitrogens is 1. The van der Waals surface area contributed by atoms with Gasteiger partial charge in [-0.15, -0.1) is 0 Å². The Balaban J connectivity index is 1.52. The average molecular weight is 384 g/mol. The van der Waals surface area contributed by atoms with Gasteiger partial charge >= 0.3 is 0 Å². The second kappa shape index (κ2) is 7.74. The summed E-state index contributed by atoms with van der Waals surface area (Å²) in [5, 5.41) is 1.07. The van der Waals surface area contributed by atoms with Crippen LogP contribution in [-0.2, 0) is 0 Å². The van der Waals surface area contributed by atoms with Crippen molar-refractivity contribution in [1.82, 2.24) is 19.8 Å². The molecule has 0 bridgehead atoms. The zero-order valence-corrected chi connectivity index (χ0v) is 17.6. The summed E-state index contributed by atoms with van der Waals surface area (Å²) in [6.07, 6.45) is 4.08. The Morgan fingerprint density at radius 1 is 1.11 bits per heavy atom. The molecule has 2 fully saturated rings. The molecule has 4 rings (SSSR count). The molecule has 2 saturated heterocycles. The lowest BCUT2D eigenvalue weighted by Gasteiger charge is -2.37. The lowest BCUT2D eigenvalue weighted by Crippen LogP contribution is -2.49. The number of likely N-dealkylation sites (tertiary alicyclic amines) is 1. The fraction of sp³-hybridized carbons (Fsp3) is 0.636. The first-order valence-electron chi connectivity index (χ1n) is 10.7. The molecule has 152 valence electrons. The van der Waals surface area contributed by atoms with Gasteiger partial charge in [0.2, 0.25) is 0 Å². The summed E-state index contributed by atoms with van der Waals surface area (Å²) >= 11 is 0. The molecule has 0 spiro atoms. The number of nitrogens with one attached hydrogen (secondary N) is 1. The van der Waals surface area contributed by atoms with E-state index in [1.54, 1.807) is 0 Å². The smallest absolute Gasteiger partial charge is 0.270 e. The predicted octanol–water partition coefficient (Wildman–Crippen LogP) is 3.35. The van der Waals surface area contributed by atoms with Crippen molar-refractivity contribution in [2.45, 2.75) is 52.6 Å². The van der Waals surface area contributed by atoms with Gasteiger partial charge in [0.15, 0.2) is 0 Å². The number of carbonyl (C=O) groups excluding carboxylic acids is 1. The maximum absolute atomic E-state index is 13.1. The first kappa shape index (κ1) is 19.2. The number of rotatable bonds is 4. The number of hydrogen-bond acceptors (Lipinski definition) is 4. The summed E-state index contributed by atoms with van der Waals surface area (Å²) < 4.78 is 0. The van der Waals surface area contributed by atoms with E-state index in [0.717, 1.165) is 62.3 Å². The van der Waals surface area contributed by atoms with Crippen LogP contribution < -0.4 is 4.90 Å². The molecular weight excluding hydrogens is 350 g/mol. The molecule has 2 aliphatic heterocycles. The fourth-order valence-electron chi connectivity index (χ4n) is 4.67. The molecule has 1 amide bonds. The van der Waals surface area contributed by atoms with Gasteiger partial charge in [-0.25, -0.2) is 4.98 Å². The molecule has 6 heteroatoms. The highest BCUT2D eigenvalue weighted by atomic mass is 16.2. The van der Waals surface area contributed by atoms with Crippen molar-refractivity contribution in [2.24, 2.45) is 5.92 Å². The third kappa shape index (κ3) is 3.62. The number of fused-ring (bicyclic) bond motifs is 1. The van der Waals surface area contributed by atoms with Crippen molar-refractivity contribution in [2.75, 3.05) is 37.6 Å².